The van der Waals surface area contributed by atoms with Gasteiger partial charge in [-0.05, 0) is 47.8 Å². The number of carboxylic acid groups (broad SMARTS) is 1. The van der Waals surface area contributed by atoms with Gasteiger partial charge in [0.25, 0.3) is 0 Å². The van der Waals surface area contributed by atoms with Gasteiger partial charge < -0.3 is 10.0 Å². The third kappa shape index (κ3) is 3.36. The predicted molar refractivity (Wildman–Crippen MR) is 77.4 cm³/mol. The molecule has 0 radical (unpaired) electrons. The molecule has 1 aromatic heterocycles. The highest BCUT2D eigenvalue weighted by molar-refractivity contribution is 9.11. The van der Waals surface area contributed by atoms with Gasteiger partial charge in [0.2, 0.25) is 5.91 Å². The fraction of sp³-hybridized carbons (Fsp3) is 0.538. The van der Waals surface area contributed by atoms with E-state index in [2.05, 4.69) is 15.9 Å². The first-order chi connectivity index (χ1) is 8.99. The first-order valence-corrected chi connectivity index (χ1v) is 7.87. The Balaban J connectivity index is 1.96. The molecule has 0 saturated carbocycles. The minimum atomic E-state index is -0.748. The van der Waals surface area contributed by atoms with Crippen LogP contribution in [0.4, 0.5) is 0 Å². The number of carbonyl (C=O) groups is 2. The second-order valence-corrected chi connectivity index (χ2v) is 7.30. The Bertz CT molecular complexity index is 480. The van der Waals surface area contributed by atoms with E-state index in [-0.39, 0.29) is 17.7 Å². The molecule has 1 aromatic rings. The topological polar surface area (TPSA) is 57.6 Å². The van der Waals surface area contributed by atoms with Crippen molar-refractivity contribution in [3.05, 3.63) is 20.8 Å². The fourth-order valence-electron chi connectivity index (χ4n) is 2.30. The summed E-state index contributed by atoms with van der Waals surface area (Å²) in [6.45, 7) is 3.00. The predicted octanol–water partition coefficient (Wildman–Crippen LogP) is 2.94. The number of carbonyl (C=O) groups excluding carboxylic acids is 1. The smallest absolute Gasteiger partial charge is 0.306 e. The molecule has 0 unspecified atom stereocenters. The molecule has 1 atom stereocenters. The SMILES string of the molecule is C[C@H](C(=O)N1CCC(C(=O)O)CC1)c1ccc(Br)s1. The van der Waals surface area contributed by atoms with Gasteiger partial charge in [0.15, 0.2) is 0 Å². The average Bonchev–Trinajstić information content (AvgIpc) is 2.84. The van der Waals surface area contributed by atoms with E-state index in [1.54, 1.807) is 16.2 Å². The number of aliphatic carboxylic acids is 1. The van der Waals surface area contributed by atoms with E-state index in [4.69, 9.17) is 5.11 Å². The Morgan fingerprint density at radius 3 is 2.53 bits per heavy atom. The molecule has 2 heterocycles. The minimum Gasteiger partial charge on any atom is -0.481 e. The van der Waals surface area contributed by atoms with Crippen molar-refractivity contribution < 1.29 is 14.7 Å². The van der Waals surface area contributed by atoms with Gasteiger partial charge in [-0.1, -0.05) is 0 Å². The Kier molecular flexibility index (Phi) is 4.62. The van der Waals surface area contributed by atoms with Crippen LogP contribution in [-0.2, 0) is 9.59 Å². The molecule has 4 nitrogen and oxygen atoms in total. The number of hydrogen-bond donors (Lipinski definition) is 1. The number of hydrogen-bond acceptors (Lipinski definition) is 3. The van der Waals surface area contributed by atoms with E-state index in [1.165, 1.54) is 0 Å². The van der Waals surface area contributed by atoms with Gasteiger partial charge in [0.1, 0.15) is 0 Å². The lowest BCUT2D eigenvalue weighted by Crippen LogP contribution is -2.41. The maximum atomic E-state index is 12.4. The van der Waals surface area contributed by atoms with E-state index < -0.39 is 5.97 Å². The molecule has 6 heteroatoms. The first-order valence-electron chi connectivity index (χ1n) is 6.26. The van der Waals surface area contributed by atoms with Gasteiger partial charge in [-0.15, -0.1) is 11.3 Å². The number of piperidine rings is 1. The van der Waals surface area contributed by atoms with Crippen LogP contribution in [0.15, 0.2) is 15.9 Å². The molecule has 1 amide bonds. The van der Waals surface area contributed by atoms with Crippen LogP contribution in [-0.4, -0.2) is 35.0 Å². The van der Waals surface area contributed by atoms with E-state index >= 15 is 0 Å². The molecule has 1 fully saturated rings. The number of nitrogens with zero attached hydrogens (tertiary/aromatic N) is 1. The Morgan fingerprint density at radius 1 is 1.42 bits per heavy atom. The van der Waals surface area contributed by atoms with E-state index in [1.807, 2.05) is 19.1 Å². The van der Waals surface area contributed by atoms with Crippen molar-refractivity contribution in [3.63, 3.8) is 0 Å². The summed E-state index contributed by atoms with van der Waals surface area (Å²) in [6.07, 6.45) is 1.11. The highest BCUT2D eigenvalue weighted by Crippen LogP contribution is 2.30. The molecule has 0 aromatic carbocycles. The summed E-state index contributed by atoms with van der Waals surface area (Å²) in [4.78, 5) is 26.1. The minimum absolute atomic E-state index is 0.0955. The lowest BCUT2D eigenvalue weighted by molar-refractivity contribution is -0.145. The molecule has 1 saturated heterocycles. The van der Waals surface area contributed by atoms with Crippen LogP contribution in [0.5, 0.6) is 0 Å². The van der Waals surface area contributed by atoms with Crippen LogP contribution >= 0.6 is 27.3 Å². The molecule has 1 aliphatic rings. The Hall–Kier alpha value is -0.880. The molecule has 0 spiro atoms. The molecule has 0 aliphatic carbocycles. The number of thiophene rings is 1. The standard InChI is InChI=1S/C13H16BrNO3S/c1-8(10-2-3-11(14)19-10)12(16)15-6-4-9(5-7-15)13(17)18/h2-3,8-9H,4-7H2,1H3,(H,17,18)/t8-/m0/s1. The molecular weight excluding hydrogens is 330 g/mol. The van der Waals surface area contributed by atoms with Crippen LogP contribution in [0.2, 0.25) is 0 Å². The molecule has 0 bridgehead atoms. The van der Waals surface area contributed by atoms with Crippen molar-refractivity contribution in [1.29, 1.82) is 0 Å². The van der Waals surface area contributed by atoms with Gasteiger partial charge in [-0.3, -0.25) is 9.59 Å². The van der Waals surface area contributed by atoms with Crippen LogP contribution in [0.3, 0.4) is 0 Å². The summed E-state index contributed by atoms with van der Waals surface area (Å²) >= 11 is 4.97. The Morgan fingerprint density at radius 2 is 2.05 bits per heavy atom. The number of amides is 1. The van der Waals surface area contributed by atoms with Crippen molar-refractivity contribution >= 4 is 39.1 Å². The van der Waals surface area contributed by atoms with E-state index in [0.717, 1.165) is 8.66 Å². The normalized spacial score (nSPS) is 18.3. The summed E-state index contributed by atoms with van der Waals surface area (Å²) in [5.74, 6) is -1.10. The average molecular weight is 346 g/mol. The number of rotatable bonds is 3. The van der Waals surface area contributed by atoms with Crippen LogP contribution in [0.1, 0.15) is 30.6 Å². The van der Waals surface area contributed by atoms with Crippen molar-refractivity contribution in [2.45, 2.75) is 25.7 Å². The summed E-state index contributed by atoms with van der Waals surface area (Å²) in [5, 5.41) is 8.95. The fourth-order valence-corrected chi connectivity index (χ4v) is 3.77. The number of halogens is 1. The molecule has 104 valence electrons. The maximum Gasteiger partial charge on any atom is 0.306 e. The highest BCUT2D eigenvalue weighted by atomic mass is 79.9. The van der Waals surface area contributed by atoms with Gasteiger partial charge in [-0.2, -0.15) is 0 Å². The molecule has 1 N–H and O–H groups in total. The highest BCUT2D eigenvalue weighted by Gasteiger charge is 2.29. The summed E-state index contributed by atoms with van der Waals surface area (Å²) in [6, 6.07) is 3.90. The van der Waals surface area contributed by atoms with Crippen molar-refractivity contribution in [3.8, 4) is 0 Å². The largest absolute Gasteiger partial charge is 0.481 e. The van der Waals surface area contributed by atoms with Crippen LogP contribution in [0.25, 0.3) is 0 Å². The van der Waals surface area contributed by atoms with Crippen molar-refractivity contribution in [1.82, 2.24) is 4.90 Å². The second-order valence-electron chi connectivity index (χ2n) is 4.80. The van der Waals surface area contributed by atoms with Gasteiger partial charge in [0.05, 0.1) is 15.6 Å². The molecule has 19 heavy (non-hydrogen) atoms. The zero-order valence-corrected chi connectivity index (χ0v) is 13.0. The monoisotopic (exact) mass is 345 g/mol. The zero-order valence-electron chi connectivity index (χ0n) is 10.6. The maximum absolute atomic E-state index is 12.4. The van der Waals surface area contributed by atoms with E-state index in [0.29, 0.717) is 25.9 Å². The third-order valence-electron chi connectivity index (χ3n) is 3.55. The molecular formula is C13H16BrNO3S. The van der Waals surface area contributed by atoms with Crippen LogP contribution in [0, 0.1) is 5.92 Å². The van der Waals surface area contributed by atoms with Crippen molar-refractivity contribution in [2.24, 2.45) is 5.92 Å². The first kappa shape index (κ1) is 14.5. The van der Waals surface area contributed by atoms with Crippen LogP contribution < -0.4 is 0 Å². The zero-order chi connectivity index (χ0) is 14.0. The molecule has 2 rings (SSSR count). The van der Waals surface area contributed by atoms with E-state index in [9.17, 15) is 9.59 Å². The third-order valence-corrected chi connectivity index (χ3v) is 5.35. The van der Waals surface area contributed by atoms with Gasteiger partial charge in [-0.25, -0.2) is 0 Å². The van der Waals surface area contributed by atoms with Gasteiger partial charge in [0, 0.05) is 18.0 Å². The second kappa shape index (κ2) is 6.05. The number of likely N-dealkylation sites (tertiary alicyclic amines) is 1. The molecule has 1 aliphatic heterocycles. The van der Waals surface area contributed by atoms with Crippen molar-refractivity contribution in [2.75, 3.05) is 13.1 Å². The Labute approximate surface area is 124 Å². The quantitative estimate of drug-likeness (QED) is 0.916. The lowest BCUT2D eigenvalue weighted by Gasteiger charge is -2.31. The lowest BCUT2D eigenvalue weighted by atomic mass is 9.96. The van der Waals surface area contributed by atoms with Gasteiger partial charge >= 0.3 is 5.97 Å². The summed E-state index contributed by atoms with van der Waals surface area (Å²) in [5.41, 5.74) is 0. The summed E-state index contributed by atoms with van der Waals surface area (Å²) < 4.78 is 1.02. The summed E-state index contributed by atoms with van der Waals surface area (Å²) in [7, 11) is 0. The number of carboxylic acids is 1.